The normalized spacial score (nSPS) is 21.6. The van der Waals surface area contributed by atoms with Crippen molar-refractivity contribution in [1.82, 2.24) is 4.98 Å². The van der Waals surface area contributed by atoms with Gasteiger partial charge >= 0.3 is 137 Å². The monoisotopic (exact) mass is 352 g/mol. The number of amidine groups is 1. The Morgan fingerprint density at radius 2 is 1.62 bits per heavy atom. The van der Waals surface area contributed by atoms with E-state index in [1.807, 2.05) is 0 Å². The minimum absolute atomic E-state index is 0.0792. The second-order valence-electron chi connectivity index (χ2n) is 6.01. The molecule has 126 valence electrons. The Morgan fingerprint density at radius 3 is 2.21 bits per heavy atom. The Morgan fingerprint density at radius 1 is 0.958 bits per heavy atom. The van der Waals surface area contributed by atoms with E-state index in [4.69, 9.17) is 0 Å². The Kier molecular flexibility index (Phi) is 4.00. The van der Waals surface area contributed by atoms with E-state index in [-0.39, 0.29) is 11.5 Å². The van der Waals surface area contributed by atoms with E-state index >= 15 is 0 Å². The summed E-state index contributed by atoms with van der Waals surface area (Å²) >= 11 is 0. The standard InChI is InChI=1S/C16H16F3N4P/c1-24(2,12-8-4-3-5-9-12)16(15(17,18)19)21-14(22-23-16)13-10-6-7-11-20-13/h3-11,24H,1-2H3. The van der Waals surface area contributed by atoms with Crippen molar-refractivity contribution in [1.29, 1.82) is 0 Å². The van der Waals surface area contributed by atoms with Crippen LogP contribution in [0.1, 0.15) is 5.69 Å². The molecule has 3 rings (SSSR count). The number of rotatable bonds is 3. The first-order chi connectivity index (χ1) is 11.3. The quantitative estimate of drug-likeness (QED) is 0.774. The number of pyridine rings is 1. The van der Waals surface area contributed by atoms with Crippen LogP contribution in [0.15, 0.2) is 69.9 Å². The summed E-state index contributed by atoms with van der Waals surface area (Å²) in [5.74, 6) is -0.0792. The molecule has 2 heterocycles. The summed E-state index contributed by atoms with van der Waals surface area (Å²) in [5, 5.41) is 5.48. The zero-order chi connectivity index (χ0) is 17.4. The zero-order valence-corrected chi connectivity index (χ0v) is 14.1. The zero-order valence-electron chi connectivity index (χ0n) is 13.1. The van der Waals surface area contributed by atoms with E-state index in [1.54, 1.807) is 61.9 Å². The molecule has 1 atom stereocenters. The topological polar surface area (TPSA) is 50.0 Å². The average molecular weight is 352 g/mol. The molecule has 8 heteroatoms. The number of aliphatic imine (C=N–C) groups is 1. The van der Waals surface area contributed by atoms with Crippen LogP contribution in [-0.2, 0) is 0 Å². The van der Waals surface area contributed by atoms with E-state index in [1.165, 1.54) is 6.20 Å². The summed E-state index contributed by atoms with van der Waals surface area (Å²) in [6, 6.07) is 13.5. The van der Waals surface area contributed by atoms with Crippen molar-refractivity contribution in [2.75, 3.05) is 13.3 Å². The maximum atomic E-state index is 14.0. The summed E-state index contributed by atoms with van der Waals surface area (Å²) in [6.45, 7) is 3.22. The van der Waals surface area contributed by atoms with Gasteiger partial charge in [0.05, 0.1) is 0 Å². The molecule has 0 N–H and O–H groups in total. The van der Waals surface area contributed by atoms with Crippen molar-refractivity contribution in [3.63, 3.8) is 0 Å². The molecule has 24 heavy (non-hydrogen) atoms. The van der Waals surface area contributed by atoms with Gasteiger partial charge in [0, 0.05) is 0 Å². The van der Waals surface area contributed by atoms with E-state index in [2.05, 4.69) is 20.2 Å². The molecule has 0 saturated heterocycles. The number of nitrogens with zero attached hydrogens (tertiary/aromatic N) is 4. The van der Waals surface area contributed by atoms with Crippen LogP contribution >= 0.6 is 7.26 Å². The first-order valence-electron chi connectivity index (χ1n) is 7.34. The van der Waals surface area contributed by atoms with Gasteiger partial charge in [-0.25, -0.2) is 0 Å². The van der Waals surface area contributed by atoms with Crippen LogP contribution in [0.3, 0.4) is 0 Å². The molecule has 2 aromatic rings. The van der Waals surface area contributed by atoms with E-state index in [9.17, 15) is 13.2 Å². The third-order valence-corrected chi connectivity index (χ3v) is 8.23. The summed E-state index contributed by atoms with van der Waals surface area (Å²) in [4.78, 5) is 7.99. The van der Waals surface area contributed by atoms with Crippen LogP contribution in [0.5, 0.6) is 0 Å². The molecule has 1 aliphatic heterocycles. The Hall–Kier alpha value is -2.14. The first kappa shape index (κ1) is 16.7. The van der Waals surface area contributed by atoms with Gasteiger partial charge in [-0.15, -0.1) is 0 Å². The second-order valence-corrected chi connectivity index (χ2v) is 10.5. The van der Waals surface area contributed by atoms with Gasteiger partial charge in [-0.1, -0.05) is 0 Å². The fourth-order valence-corrected chi connectivity index (χ4v) is 5.54. The molecule has 0 saturated carbocycles. The molecule has 1 aromatic carbocycles. The number of benzene rings is 1. The van der Waals surface area contributed by atoms with Gasteiger partial charge in [0.2, 0.25) is 0 Å². The van der Waals surface area contributed by atoms with Gasteiger partial charge in [0.1, 0.15) is 0 Å². The predicted octanol–water partition coefficient (Wildman–Crippen LogP) is 3.85. The molecule has 1 unspecified atom stereocenters. The third-order valence-electron chi connectivity index (χ3n) is 4.21. The molecule has 0 fully saturated rings. The van der Waals surface area contributed by atoms with Crippen molar-refractivity contribution < 1.29 is 13.2 Å². The Balaban J connectivity index is 2.16. The molecule has 0 amide bonds. The molecule has 4 nitrogen and oxygen atoms in total. The Labute approximate surface area is 137 Å². The van der Waals surface area contributed by atoms with Crippen LogP contribution in [0.4, 0.5) is 13.2 Å². The molecular weight excluding hydrogens is 336 g/mol. The van der Waals surface area contributed by atoms with Crippen LogP contribution < -0.4 is 5.30 Å². The van der Waals surface area contributed by atoms with Crippen molar-refractivity contribution in [2.24, 2.45) is 15.2 Å². The number of hydrogen-bond acceptors (Lipinski definition) is 4. The SMILES string of the molecule is C[PH](C)(c1ccccc1)C1(C(F)(F)F)N=NC(c2ccccn2)=N1. The van der Waals surface area contributed by atoms with Gasteiger partial charge in [0.25, 0.3) is 0 Å². The van der Waals surface area contributed by atoms with E-state index < -0.39 is 18.8 Å². The van der Waals surface area contributed by atoms with Gasteiger partial charge in [-0.2, -0.15) is 0 Å². The summed E-state index contributed by atoms with van der Waals surface area (Å²) < 4.78 is 42.1. The summed E-state index contributed by atoms with van der Waals surface area (Å²) in [6.07, 6.45) is -3.15. The Bertz CT molecular complexity index is 788. The van der Waals surface area contributed by atoms with Crippen molar-refractivity contribution in [3.05, 3.63) is 60.4 Å². The van der Waals surface area contributed by atoms with Crippen molar-refractivity contribution >= 4 is 18.4 Å². The van der Waals surface area contributed by atoms with Gasteiger partial charge in [-0.05, 0) is 0 Å². The number of azo groups is 1. The number of aromatic nitrogens is 1. The van der Waals surface area contributed by atoms with Crippen molar-refractivity contribution in [3.8, 4) is 0 Å². The molecule has 1 aliphatic rings. The van der Waals surface area contributed by atoms with Gasteiger partial charge in [0.15, 0.2) is 0 Å². The predicted molar refractivity (Wildman–Crippen MR) is 90.7 cm³/mol. The molecular formula is C16H16F3N4P. The van der Waals surface area contributed by atoms with Gasteiger partial charge in [-0.3, -0.25) is 0 Å². The number of alkyl halides is 3. The molecule has 0 radical (unpaired) electrons. The average Bonchev–Trinajstić information content (AvgIpc) is 3.04. The molecule has 0 aliphatic carbocycles. The van der Waals surface area contributed by atoms with Crippen LogP contribution in [0, 0.1) is 0 Å². The summed E-state index contributed by atoms with van der Waals surface area (Å²) in [5.41, 5.74) is 0.283. The van der Waals surface area contributed by atoms with Gasteiger partial charge < -0.3 is 0 Å². The fraction of sp³-hybridized carbons (Fsp3) is 0.250. The van der Waals surface area contributed by atoms with Crippen molar-refractivity contribution in [2.45, 2.75) is 11.6 Å². The summed E-state index contributed by atoms with van der Waals surface area (Å²) in [7, 11) is -3.21. The molecule has 1 aromatic heterocycles. The van der Waals surface area contributed by atoms with Crippen LogP contribution in [0.2, 0.25) is 0 Å². The maximum absolute atomic E-state index is 14.0. The van der Waals surface area contributed by atoms with E-state index in [0.717, 1.165) is 0 Å². The molecule has 0 spiro atoms. The minimum atomic E-state index is -4.64. The second kappa shape index (κ2) is 5.74. The molecule has 0 bridgehead atoms. The van der Waals surface area contributed by atoms with E-state index in [0.29, 0.717) is 5.30 Å². The first-order valence-corrected chi connectivity index (χ1v) is 10.3. The fourth-order valence-electron chi connectivity index (χ4n) is 2.72. The third kappa shape index (κ3) is 2.53. The van der Waals surface area contributed by atoms with Crippen LogP contribution in [-0.4, -0.2) is 35.7 Å². The number of halogens is 3. The van der Waals surface area contributed by atoms with Crippen LogP contribution in [0.25, 0.3) is 0 Å². The number of hydrogen-bond donors (Lipinski definition) is 0.